The Morgan fingerprint density at radius 1 is 1.47 bits per heavy atom. The molecule has 0 bridgehead atoms. The predicted octanol–water partition coefficient (Wildman–Crippen LogP) is -0.250. The van der Waals surface area contributed by atoms with Crippen LogP contribution >= 0.6 is 0 Å². The topological polar surface area (TPSA) is 74.7 Å². The maximum Gasteiger partial charge on any atom is 0.214 e. The summed E-state index contributed by atoms with van der Waals surface area (Å²) in [6.45, 7) is 3.45. The molecule has 0 aliphatic carbocycles. The van der Waals surface area contributed by atoms with Crippen LogP contribution in [0, 0.1) is 0 Å². The zero-order valence-corrected chi connectivity index (χ0v) is 9.83. The minimum atomic E-state index is -3.38. The molecule has 1 rings (SSSR count). The molecule has 1 saturated heterocycles. The zero-order valence-electron chi connectivity index (χ0n) is 9.01. The summed E-state index contributed by atoms with van der Waals surface area (Å²) in [6, 6.07) is -0.861. The molecule has 1 fully saturated rings. The number of Topliss-reactive ketones (excluding diaryl/α,β-unsaturated/α-hetero) is 1. The summed E-state index contributed by atoms with van der Waals surface area (Å²) in [6.07, 6.45) is -0.258. The quantitative estimate of drug-likeness (QED) is 0.729. The van der Waals surface area contributed by atoms with Gasteiger partial charge >= 0.3 is 0 Å². The predicted molar refractivity (Wildman–Crippen MR) is 55.9 cm³/mol. The molecule has 5 nitrogen and oxygen atoms in total. The fourth-order valence-corrected chi connectivity index (χ4v) is 3.13. The van der Waals surface area contributed by atoms with Crippen molar-refractivity contribution in [2.75, 3.05) is 12.3 Å². The molecule has 1 heterocycles. The number of carbonyl (C=O) groups excluding carboxylic acids is 1. The third-order valence-corrected chi connectivity index (χ3v) is 4.57. The molecule has 1 aliphatic rings. The summed E-state index contributed by atoms with van der Waals surface area (Å²) in [5, 5.41) is 9.59. The fourth-order valence-electron chi connectivity index (χ4n) is 1.81. The lowest BCUT2D eigenvalue weighted by Crippen LogP contribution is -2.45. The third kappa shape index (κ3) is 2.38. The lowest BCUT2D eigenvalue weighted by molar-refractivity contribution is -0.124. The first-order valence-corrected chi connectivity index (χ1v) is 6.75. The van der Waals surface area contributed by atoms with Gasteiger partial charge < -0.3 is 5.11 Å². The molecular formula is C9H17NO4S. The molecule has 1 N–H and O–H groups in total. The van der Waals surface area contributed by atoms with Gasteiger partial charge in [0.1, 0.15) is 6.04 Å². The van der Waals surface area contributed by atoms with Gasteiger partial charge in [-0.3, -0.25) is 4.79 Å². The Bertz CT molecular complexity index is 338. The van der Waals surface area contributed by atoms with Gasteiger partial charge in [-0.25, -0.2) is 8.42 Å². The van der Waals surface area contributed by atoms with Crippen LogP contribution in [0.5, 0.6) is 0 Å². The highest BCUT2D eigenvalue weighted by molar-refractivity contribution is 7.89. The summed E-state index contributed by atoms with van der Waals surface area (Å²) in [4.78, 5) is 11.5. The Kier molecular flexibility index (Phi) is 3.86. The Balaban J connectivity index is 2.95. The van der Waals surface area contributed by atoms with E-state index in [4.69, 9.17) is 0 Å². The van der Waals surface area contributed by atoms with Crippen molar-refractivity contribution in [1.82, 2.24) is 4.31 Å². The van der Waals surface area contributed by atoms with Crippen molar-refractivity contribution in [3.8, 4) is 0 Å². The lowest BCUT2D eigenvalue weighted by Gasteiger charge is -2.23. The molecule has 0 saturated carbocycles. The van der Waals surface area contributed by atoms with Gasteiger partial charge in [-0.2, -0.15) is 4.31 Å². The normalized spacial score (nSPS) is 28.2. The van der Waals surface area contributed by atoms with Gasteiger partial charge in [-0.05, 0) is 13.3 Å². The SMILES string of the molecule is CCC(=O)[C@@H]1C(O)CCN1S(=O)(=O)CC. The van der Waals surface area contributed by atoms with E-state index in [1.165, 1.54) is 6.92 Å². The summed E-state index contributed by atoms with van der Waals surface area (Å²) < 4.78 is 24.4. The lowest BCUT2D eigenvalue weighted by atomic mass is 10.1. The van der Waals surface area contributed by atoms with Gasteiger partial charge in [0.15, 0.2) is 5.78 Å². The first kappa shape index (κ1) is 12.6. The van der Waals surface area contributed by atoms with Crippen LogP contribution in [0.4, 0.5) is 0 Å². The fraction of sp³-hybridized carbons (Fsp3) is 0.889. The van der Waals surface area contributed by atoms with Crippen LogP contribution < -0.4 is 0 Å². The van der Waals surface area contributed by atoms with E-state index in [1.54, 1.807) is 6.92 Å². The Morgan fingerprint density at radius 3 is 2.53 bits per heavy atom. The molecule has 0 radical (unpaired) electrons. The number of aliphatic hydroxyl groups excluding tert-OH is 1. The third-order valence-electron chi connectivity index (χ3n) is 2.72. The molecule has 2 atom stereocenters. The number of hydrogen-bond donors (Lipinski definition) is 1. The number of hydrogen-bond acceptors (Lipinski definition) is 4. The number of carbonyl (C=O) groups is 1. The first-order valence-electron chi connectivity index (χ1n) is 5.14. The van der Waals surface area contributed by atoms with E-state index in [0.29, 0.717) is 6.42 Å². The van der Waals surface area contributed by atoms with Gasteiger partial charge in [-0.1, -0.05) is 6.92 Å². The van der Waals surface area contributed by atoms with Gasteiger partial charge in [0.2, 0.25) is 10.0 Å². The van der Waals surface area contributed by atoms with Crippen LogP contribution in [-0.2, 0) is 14.8 Å². The molecular weight excluding hydrogens is 218 g/mol. The second-order valence-corrected chi connectivity index (χ2v) is 5.84. The van der Waals surface area contributed by atoms with Crippen molar-refractivity contribution in [2.24, 2.45) is 0 Å². The van der Waals surface area contributed by atoms with Crippen molar-refractivity contribution in [1.29, 1.82) is 0 Å². The summed E-state index contributed by atoms with van der Waals surface area (Å²) >= 11 is 0. The highest BCUT2D eigenvalue weighted by Crippen LogP contribution is 2.23. The molecule has 1 aliphatic heterocycles. The number of ketones is 1. The van der Waals surface area contributed by atoms with Crippen LogP contribution in [0.3, 0.4) is 0 Å². The second kappa shape index (κ2) is 4.59. The molecule has 0 spiro atoms. The molecule has 0 aromatic heterocycles. The Morgan fingerprint density at radius 2 is 2.07 bits per heavy atom. The maximum absolute atomic E-state index is 11.6. The highest BCUT2D eigenvalue weighted by Gasteiger charge is 2.42. The van der Waals surface area contributed by atoms with E-state index in [1.807, 2.05) is 0 Å². The number of rotatable bonds is 4. The smallest absolute Gasteiger partial charge is 0.214 e. The standard InChI is InChI=1S/C9H17NO4S/c1-3-7(11)9-8(12)5-6-10(9)15(13,14)4-2/h8-9,12H,3-6H2,1-2H3/t8?,9-/m1/s1. The van der Waals surface area contributed by atoms with Crippen molar-refractivity contribution in [3.63, 3.8) is 0 Å². The molecule has 6 heteroatoms. The highest BCUT2D eigenvalue weighted by atomic mass is 32.2. The molecule has 1 unspecified atom stereocenters. The van der Waals surface area contributed by atoms with Gasteiger partial charge in [-0.15, -0.1) is 0 Å². The van der Waals surface area contributed by atoms with E-state index in [2.05, 4.69) is 0 Å². The average Bonchev–Trinajstić information content (AvgIpc) is 2.59. The number of aliphatic hydroxyl groups is 1. The molecule has 0 aromatic rings. The van der Waals surface area contributed by atoms with E-state index < -0.39 is 22.2 Å². The molecule has 0 aromatic carbocycles. The summed E-state index contributed by atoms with van der Waals surface area (Å²) in [7, 11) is -3.38. The maximum atomic E-state index is 11.6. The Hall–Kier alpha value is -0.460. The van der Waals surface area contributed by atoms with Gasteiger partial charge in [0.05, 0.1) is 11.9 Å². The largest absolute Gasteiger partial charge is 0.391 e. The molecule has 0 amide bonds. The van der Waals surface area contributed by atoms with Crippen LogP contribution in [0.25, 0.3) is 0 Å². The van der Waals surface area contributed by atoms with Crippen LogP contribution in [0.2, 0.25) is 0 Å². The van der Waals surface area contributed by atoms with Gasteiger partial charge in [0.25, 0.3) is 0 Å². The average molecular weight is 235 g/mol. The van der Waals surface area contributed by atoms with Crippen molar-refractivity contribution in [2.45, 2.75) is 38.8 Å². The van der Waals surface area contributed by atoms with E-state index in [0.717, 1.165) is 4.31 Å². The first-order chi connectivity index (χ1) is 6.94. The van der Waals surface area contributed by atoms with Crippen LogP contribution in [0.15, 0.2) is 0 Å². The van der Waals surface area contributed by atoms with Crippen LogP contribution in [0.1, 0.15) is 26.7 Å². The molecule has 15 heavy (non-hydrogen) atoms. The van der Waals surface area contributed by atoms with E-state index >= 15 is 0 Å². The van der Waals surface area contributed by atoms with E-state index in [9.17, 15) is 18.3 Å². The van der Waals surface area contributed by atoms with Gasteiger partial charge in [0, 0.05) is 13.0 Å². The Labute approximate surface area is 90.1 Å². The minimum Gasteiger partial charge on any atom is -0.391 e. The summed E-state index contributed by atoms with van der Waals surface area (Å²) in [5.41, 5.74) is 0. The van der Waals surface area contributed by atoms with Crippen molar-refractivity contribution >= 4 is 15.8 Å². The van der Waals surface area contributed by atoms with Crippen molar-refractivity contribution in [3.05, 3.63) is 0 Å². The second-order valence-electron chi connectivity index (χ2n) is 3.63. The van der Waals surface area contributed by atoms with Crippen LogP contribution in [-0.4, -0.2) is 48.1 Å². The van der Waals surface area contributed by atoms with E-state index in [-0.39, 0.29) is 24.5 Å². The monoisotopic (exact) mass is 235 g/mol. The number of nitrogens with zero attached hydrogens (tertiary/aromatic N) is 1. The minimum absolute atomic E-state index is 0.0345. The van der Waals surface area contributed by atoms with Crippen molar-refractivity contribution < 1.29 is 18.3 Å². The molecule has 88 valence electrons. The summed E-state index contributed by atoms with van der Waals surface area (Å²) in [5.74, 6) is -0.246. The number of sulfonamides is 1. The zero-order chi connectivity index (χ0) is 11.6.